The quantitative estimate of drug-likeness (QED) is 0.900. The van der Waals surface area contributed by atoms with Gasteiger partial charge in [-0.2, -0.15) is 0 Å². The SMILES string of the molecule is CCC(C)C1CN(Cc2ccc(C)s2)CCCN1. The third-order valence-corrected chi connectivity index (χ3v) is 5.00. The first kappa shape index (κ1) is 14.0. The van der Waals surface area contributed by atoms with Gasteiger partial charge in [0, 0.05) is 28.9 Å². The third-order valence-electron chi connectivity index (χ3n) is 4.02. The summed E-state index contributed by atoms with van der Waals surface area (Å²) < 4.78 is 0. The van der Waals surface area contributed by atoms with Crippen molar-refractivity contribution in [2.45, 2.75) is 46.2 Å². The molecule has 3 heteroatoms. The van der Waals surface area contributed by atoms with E-state index in [0.29, 0.717) is 6.04 Å². The number of hydrogen-bond donors (Lipinski definition) is 1. The van der Waals surface area contributed by atoms with Crippen LogP contribution in [0, 0.1) is 12.8 Å². The van der Waals surface area contributed by atoms with Crippen LogP contribution in [0.3, 0.4) is 0 Å². The molecule has 1 N–H and O–H groups in total. The molecule has 0 radical (unpaired) electrons. The van der Waals surface area contributed by atoms with E-state index in [2.05, 4.69) is 43.1 Å². The van der Waals surface area contributed by atoms with Gasteiger partial charge < -0.3 is 5.32 Å². The van der Waals surface area contributed by atoms with E-state index >= 15 is 0 Å². The van der Waals surface area contributed by atoms with Gasteiger partial charge in [-0.05, 0) is 44.5 Å². The number of aryl methyl sites for hydroxylation is 1. The van der Waals surface area contributed by atoms with Crippen molar-refractivity contribution in [1.82, 2.24) is 10.2 Å². The van der Waals surface area contributed by atoms with Crippen molar-refractivity contribution in [2.75, 3.05) is 19.6 Å². The molecule has 2 nitrogen and oxygen atoms in total. The summed E-state index contributed by atoms with van der Waals surface area (Å²) in [5.41, 5.74) is 0. The van der Waals surface area contributed by atoms with Crippen molar-refractivity contribution in [2.24, 2.45) is 5.92 Å². The molecule has 2 rings (SSSR count). The average Bonchev–Trinajstić information content (AvgIpc) is 2.64. The Balaban J connectivity index is 1.94. The molecule has 1 aromatic rings. The van der Waals surface area contributed by atoms with Crippen LogP contribution >= 0.6 is 11.3 Å². The number of nitrogens with zero attached hydrogens (tertiary/aromatic N) is 1. The molecule has 0 spiro atoms. The maximum absolute atomic E-state index is 3.71. The second kappa shape index (κ2) is 6.69. The van der Waals surface area contributed by atoms with Gasteiger partial charge >= 0.3 is 0 Å². The Labute approximate surface area is 115 Å². The van der Waals surface area contributed by atoms with Gasteiger partial charge in [0.25, 0.3) is 0 Å². The van der Waals surface area contributed by atoms with E-state index < -0.39 is 0 Å². The van der Waals surface area contributed by atoms with Crippen LogP contribution in [-0.4, -0.2) is 30.6 Å². The molecule has 2 heterocycles. The van der Waals surface area contributed by atoms with Crippen LogP contribution in [0.5, 0.6) is 0 Å². The largest absolute Gasteiger partial charge is 0.312 e. The van der Waals surface area contributed by atoms with Crippen LogP contribution in [0.1, 0.15) is 36.4 Å². The van der Waals surface area contributed by atoms with E-state index in [0.717, 1.165) is 12.5 Å². The Hall–Kier alpha value is -0.380. The van der Waals surface area contributed by atoms with Crippen molar-refractivity contribution in [3.05, 3.63) is 21.9 Å². The Morgan fingerprint density at radius 3 is 3.00 bits per heavy atom. The molecule has 2 atom stereocenters. The molecule has 1 aromatic heterocycles. The summed E-state index contributed by atoms with van der Waals surface area (Å²) in [5.74, 6) is 0.774. The van der Waals surface area contributed by atoms with E-state index in [9.17, 15) is 0 Å². The number of thiophene rings is 1. The van der Waals surface area contributed by atoms with E-state index in [1.807, 2.05) is 11.3 Å². The van der Waals surface area contributed by atoms with Gasteiger partial charge in [0.05, 0.1) is 0 Å². The van der Waals surface area contributed by atoms with Crippen molar-refractivity contribution < 1.29 is 0 Å². The fourth-order valence-electron chi connectivity index (χ4n) is 2.62. The second-order valence-electron chi connectivity index (χ2n) is 5.55. The molecular formula is C15H26N2S. The van der Waals surface area contributed by atoms with E-state index in [1.165, 1.54) is 42.2 Å². The average molecular weight is 266 g/mol. The van der Waals surface area contributed by atoms with Crippen LogP contribution in [0.2, 0.25) is 0 Å². The van der Waals surface area contributed by atoms with Crippen LogP contribution in [0.4, 0.5) is 0 Å². The molecule has 0 aliphatic carbocycles. The smallest absolute Gasteiger partial charge is 0.0328 e. The normalized spacial score (nSPS) is 23.8. The molecule has 102 valence electrons. The van der Waals surface area contributed by atoms with E-state index in [1.54, 1.807) is 0 Å². The molecule has 0 amide bonds. The predicted octanol–water partition coefficient (Wildman–Crippen LogP) is 3.27. The highest BCUT2D eigenvalue weighted by atomic mass is 32.1. The van der Waals surface area contributed by atoms with Gasteiger partial charge in [-0.3, -0.25) is 4.90 Å². The highest BCUT2D eigenvalue weighted by molar-refractivity contribution is 7.11. The zero-order valence-corrected chi connectivity index (χ0v) is 12.7. The topological polar surface area (TPSA) is 15.3 Å². The number of hydrogen-bond acceptors (Lipinski definition) is 3. The molecule has 0 saturated carbocycles. The van der Waals surface area contributed by atoms with Gasteiger partial charge in [-0.15, -0.1) is 11.3 Å². The van der Waals surface area contributed by atoms with Crippen molar-refractivity contribution in [3.63, 3.8) is 0 Å². The van der Waals surface area contributed by atoms with Gasteiger partial charge in [-0.1, -0.05) is 20.3 Å². The Bertz CT molecular complexity index is 361. The summed E-state index contributed by atoms with van der Waals surface area (Å²) >= 11 is 1.94. The maximum Gasteiger partial charge on any atom is 0.0328 e. The summed E-state index contributed by atoms with van der Waals surface area (Å²) in [6.45, 7) is 11.6. The standard InChI is InChI=1S/C15H26N2S/c1-4-12(2)15-11-17(9-5-8-16-15)10-14-7-6-13(3)18-14/h6-7,12,15-16H,4-5,8-11H2,1-3H3. The monoisotopic (exact) mass is 266 g/mol. The first-order valence-corrected chi connectivity index (χ1v) is 8.01. The third kappa shape index (κ3) is 3.81. The molecule has 1 saturated heterocycles. The van der Waals surface area contributed by atoms with Crippen LogP contribution in [0.15, 0.2) is 12.1 Å². The first-order valence-electron chi connectivity index (χ1n) is 7.20. The molecule has 0 bridgehead atoms. The van der Waals surface area contributed by atoms with Crippen molar-refractivity contribution in [1.29, 1.82) is 0 Å². The predicted molar refractivity (Wildman–Crippen MR) is 80.2 cm³/mol. The van der Waals surface area contributed by atoms with E-state index in [-0.39, 0.29) is 0 Å². The van der Waals surface area contributed by atoms with Gasteiger partial charge in [0.2, 0.25) is 0 Å². The van der Waals surface area contributed by atoms with Crippen molar-refractivity contribution in [3.8, 4) is 0 Å². The second-order valence-corrected chi connectivity index (χ2v) is 6.92. The minimum Gasteiger partial charge on any atom is -0.312 e. The van der Waals surface area contributed by atoms with Crippen LogP contribution < -0.4 is 5.32 Å². The molecular weight excluding hydrogens is 240 g/mol. The van der Waals surface area contributed by atoms with Gasteiger partial charge in [-0.25, -0.2) is 0 Å². The lowest BCUT2D eigenvalue weighted by molar-refractivity contribution is 0.233. The minimum absolute atomic E-state index is 0.665. The zero-order chi connectivity index (χ0) is 13.0. The summed E-state index contributed by atoms with van der Waals surface area (Å²) in [5, 5.41) is 3.71. The van der Waals surface area contributed by atoms with Crippen molar-refractivity contribution >= 4 is 11.3 Å². The molecule has 1 aliphatic heterocycles. The highest BCUT2D eigenvalue weighted by Crippen LogP contribution is 2.19. The summed E-state index contributed by atoms with van der Waals surface area (Å²) in [6.07, 6.45) is 2.54. The molecule has 2 unspecified atom stereocenters. The lowest BCUT2D eigenvalue weighted by Gasteiger charge is -2.27. The Kier molecular flexibility index (Phi) is 5.22. The molecule has 0 aromatic carbocycles. The first-order chi connectivity index (χ1) is 8.69. The summed E-state index contributed by atoms with van der Waals surface area (Å²) in [6, 6.07) is 5.19. The fraction of sp³-hybridized carbons (Fsp3) is 0.733. The van der Waals surface area contributed by atoms with Gasteiger partial charge in [0.15, 0.2) is 0 Å². The van der Waals surface area contributed by atoms with Crippen LogP contribution in [0.25, 0.3) is 0 Å². The minimum atomic E-state index is 0.665. The van der Waals surface area contributed by atoms with E-state index in [4.69, 9.17) is 0 Å². The zero-order valence-electron chi connectivity index (χ0n) is 11.9. The Morgan fingerprint density at radius 1 is 1.50 bits per heavy atom. The summed E-state index contributed by atoms with van der Waals surface area (Å²) in [4.78, 5) is 5.57. The molecule has 1 aliphatic rings. The van der Waals surface area contributed by atoms with Gasteiger partial charge in [0.1, 0.15) is 0 Å². The molecule has 18 heavy (non-hydrogen) atoms. The molecule has 1 fully saturated rings. The maximum atomic E-state index is 3.71. The summed E-state index contributed by atoms with van der Waals surface area (Å²) in [7, 11) is 0. The highest BCUT2D eigenvalue weighted by Gasteiger charge is 2.21. The fourth-order valence-corrected chi connectivity index (χ4v) is 3.56. The lowest BCUT2D eigenvalue weighted by atomic mass is 9.99. The lowest BCUT2D eigenvalue weighted by Crippen LogP contribution is -2.41. The van der Waals surface area contributed by atoms with Crippen LogP contribution in [-0.2, 0) is 6.54 Å². The Morgan fingerprint density at radius 2 is 2.33 bits per heavy atom. The number of nitrogens with one attached hydrogen (secondary N) is 1. The number of rotatable bonds is 4.